The maximum Gasteiger partial charge on any atom is 0.407 e. The number of hydrogen-bond acceptors (Lipinski definition) is 3. The molecule has 1 aromatic rings. The Kier molecular flexibility index (Phi) is 5.10. The van der Waals surface area contributed by atoms with E-state index in [1.54, 1.807) is 0 Å². The van der Waals surface area contributed by atoms with Crippen LogP contribution in [0.3, 0.4) is 0 Å². The van der Waals surface area contributed by atoms with Crippen molar-refractivity contribution in [2.24, 2.45) is 0 Å². The van der Waals surface area contributed by atoms with Crippen molar-refractivity contribution in [1.29, 1.82) is 0 Å². The number of anilines is 1. The van der Waals surface area contributed by atoms with Crippen LogP contribution in [0.25, 0.3) is 0 Å². The van der Waals surface area contributed by atoms with Crippen molar-refractivity contribution >= 4 is 11.8 Å². The van der Waals surface area contributed by atoms with Crippen molar-refractivity contribution in [2.75, 3.05) is 5.32 Å². The summed E-state index contributed by atoms with van der Waals surface area (Å²) in [7, 11) is 0. The van der Waals surface area contributed by atoms with E-state index in [9.17, 15) is 4.79 Å². The molecule has 0 atom stereocenters. The first-order chi connectivity index (χ1) is 9.92. The van der Waals surface area contributed by atoms with Crippen molar-refractivity contribution in [3.8, 4) is 0 Å². The first-order valence-corrected chi connectivity index (χ1v) is 7.73. The Labute approximate surface area is 127 Å². The lowest BCUT2D eigenvalue weighted by Crippen LogP contribution is -2.42. The lowest BCUT2D eigenvalue weighted by atomic mass is 9.91. The van der Waals surface area contributed by atoms with Crippen LogP contribution in [0, 0.1) is 0 Å². The van der Waals surface area contributed by atoms with Crippen LogP contribution in [0.4, 0.5) is 10.5 Å². The average molecular weight is 290 g/mol. The molecule has 1 saturated carbocycles. The molecule has 0 saturated heterocycles. The zero-order valence-electron chi connectivity index (χ0n) is 13.2. The molecule has 1 fully saturated rings. The highest BCUT2D eigenvalue weighted by molar-refractivity contribution is 5.68. The quantitative estimate of drug-likeness (QED) is 0.886. The monoisotopic (exact) mass is 290 g/mol. The van der Waals surface area contributed by atoms with E-state index in [0.29, 0.717) is 6.04 Å². The third-order valence-electron chi connectivity index (χ3n) is 3.59. The predicted octanol–water partition coefficient (Wildman–Crippen LogP) is 3.93. The molecule has 1 aromatic carbocycles. The van der Waals surface area contributed by atoms with Gasteiger partial charge in [-0.3, -0.25) is 0 Å². The fourth-order valence-corrected chi connectivity index (χ4v) is 2.63. The third-order valence-corrected chi connectivity index (χ3v) is 3.59. The molecule has 116 valence electrons. The van der Waals surface area contributed by atoms with Crippen LogP contribution >= 0.6 is 0 Å². The fourth-order valence-electron chi connectivity index (χ4n) is 2.63. The summed E-state index contributed by atoms with van der Waals surface area (Å²) < 4.78 is 5.30. The van der Waals surface area contributed by atoms with Crippen molar-refractivity contribution in [3.05, 3.63) is 30.3 Å². The number of carbonyl (C=O) groups is 1. The van der Waals surface area contributed by atoms with Crippen molar-refractivity contribution in [3.63, 3.8) is 0 Å². The fraction of sp³-hybridized carbons (Fsp3) is 0.588. The minimum absolute atomic E-state index is 0.230. The summed E-state index contributed by atoms with van der Waals surface area (Å²) in [6, 6.07) is 11.0. The lowest BCUT2D eigenvalue weighted by Gasteiger charge is -2.31. The summed E-state index contributed by atoms with van der Waals surface area (Å²) in [4.78, 5) is 11.8. The SMILES string of the molecule is CC(C)(C)OC(=O)N[C@H]1CC[C@@H](Nc2ccccc2)CC1. The van der Waals surface area contributed by atoms with Gasteiger partial charge in [0.25, 0.3) is 0 Å². The van der Waals surface area contributed by atoms with E-state index in [2.05, 4.69) is 22.8 Å². The first-order valence-electron chi connectivity index (χ1n) is 7.73. The Bertz CT molecular complexity index is 446. The van der Waals surface area contributed by atoms with E-state index < -0.39 is 5.60 Å². The molecule has 0 spiro atoms. The summed E-state index contributed by atoms with van der Waals surface area (Å²) in [6.07, 6.45) is 3.81. The Balaban J connectivity index is 1.72. The third kappa shape index (κ3) is 5.66. The van der Waals surface area contributed by atoms with Gasteiger partial charge in [0.1, 0.15) is 5.60 Å². The van der Waals surface area contributed by atoms with Crippen LogP contribution in [0.1, 0.15) is 46.5 Å². The van der Waals surface area contributed by atoms with Crippen LogP contribution in [-0.2, 0) is 4.74 Å². The smallest absolute Gasteiger partial charge is 0.407 e. The van der Waals surface area contributed by atoms with Crippen LogP contribution < -0.4 is 10.6 Å². The first kappa shape index (κ1) is 15.7. The average Bonchev–Trinajstić information content (AvgIpc) is 2.40. The molecule has 2 rings (SSSR count). The summed E-state index contributed by atoms with van der Waals surface area (Å²) >= 11 is 0. The van der Waals surface area contributed by atoms with Gasteiger partial charge in [0, 0.05) is 17.8 Å². The van der Waals surface area contributed by atoms with Gasteiger partial charge in [-0.2, -0.15) is 0 Å². The maximum absolute atomic E-state index is 11.8. The second-order valence-electron chi connectivity index (χ2n) is 6.71. The van der Waals surface area contributed by atoms with E-state index in [1.807, 2.05) is 39.0 Å². The van der Waals surface area contributed by atoms with Crippen LogP contribution in [0.15, 0.2) is 30.3 Å². The molecule has 0 aromatic heterocycles. The molecular weight excluding hydrogens is 264 g/mol. The van der Waals surface area contributed by atoms with Crippen molar-refractivity contribution in [2.45, 2.75) is 64.1 Å². The van der Waals surface area contributed by atoms with Gasteiger partial charge < -0.3 is 15.4 Å². The van der Waals surface area contributed by atoms with E-state index in [-0.39, 0.29) is 12.1 Å². The molecule has 21 heavy (non-hydrogen) atoms. The summed E-state index contributed by atoms with van der Waals surface area (Å²) in [5, 5.41) is 6.52. The molecule has 0 aliphatic heterocycles. The molecule has 1 amide bonds. The molecule has 1 aliphatic rings. The largest absolute Gasteiger partial charge is 0.444 e. The summed E-state index contributed by atoms with van der Waals surface area (Å²) in [6.45, 7) is 5.65. The lowest BCUT2D eigenvalue weighted by molar-refractivity contribution is 0.0492. The zero-order valence-corrected chi connectivity index (χ0v) is 13.2. The number of alkyl carbamates (subject to hydrolysis) is 1. The Hall–Kier alpha value is -1.71. The van der Waals surface area contributed by atoms with Gasteiger partial charge in [0.2, 0.25) is 0 Å². The molecule has 1 aliphatic carbocycles. The predicted molar refractivity (Wildman–Crippen MR) is 85.5 cm³/mol. The molecule has 0 radical (unpaired) electrons. The molecule has 4 heteroatoms. The van der Waals surface area contributed by atoms with Gasteiger partial charge in [0.15, 0.2) is 0 Å². The number of ether oxygens (including phenoxy) is 1. The zero-order chi connectivity index (χ0) is 15.3. The van der Waals surface area contributed by atoms with Gasteiger partial charge in [-0.15, -0.1) is 0 Å². The molecule has 0 unspecified atom stereocenters. The van der Waals surface area contributed by atoms with Gasteiger partial charge in [0.05, 0.1) is 0 Å². The van der Waals surface area contributed by atoms with E-state index in [4.69, 9.17) is 4.74 Å². The van der Waals surface area contributed by atoms with Crippen LogP contribution in [-0.4, -0.2) is 23.8 Å². The highest BCUT2D eigenvalue weighted by atomic mass is 16.6. The second kappa shape index (κ2) is 6.83. The van der Waals surface area contributed by atoms with Gasteiger partial charge in [-0.1, -0.05) is 18.2 Å². The molecular formula is C17H26N2O2. The van der Waals surface area contributed by atoms with Crippen LogP contribution in [0.5, 0.6) is 0 Å². The number of nitrogens with one attached hydrogen (secondary N) is 2. The molecule has 4 nitrogen and oxygen atoms in total. The number of carbonyl (C=O) groups excluding carboxylic acids is 1. The highest BCUT2D eigenvalue weighted by Gasteiger charge is 2.24. The minimum atomic E-state index is -0.434. The second-order valence-corrected chi connectivity index (χ2v) is 6.71. The standard InChI is InChI=1S/C17H26N2O2/c1-17(2,3)21-16(20)19-15-11-9-14(10-12-15)18-13-7-5-4-6-8-13/h4-8,14-15,18H,9-12H2,1-3H3,(H,19,20)/t14-,15+. The molecule has 0 heterocycles. The summed E-state index contributed by atoms with van der Waals surface area (Å²) in [5.74, 6) is 0. The van der Waals surface area contributed by atoms with Crippen LogP contribution in [0.2, 0.25) is 0 Å². The minimum Gasteiger partial charge on any atom is -0.444 e. The van der Waals surface area contributed by atoms with Gasteiger partial charge in [-0.25, -0.2) is 4.79 Å². The van der Waals surface area contributed by atoms with E-state index in [0.717, 1.165) is 25.7 Å². The van der Waals surface area contributed by atoms with E-state index in [1.165, 1.54) is 5.69 Å². The normalized spacial score (nSPS) is 22.4. The summed E-state index contributed by atoms with van der Waals surface area (Å²) in [5.41, 5.74) is 0.733. The van der Waals surface area contributed by atoms with E-state index >= 15 is 0 Å². The Morgan fingerprint density at radius 2 is 1.62 bits per heavy atom. The van der Waals surface area contributed by atoms with Gasteiger partial charge >= 0.3 is 6.09 Å². The topological polar surface area (TPSA) is 50.4 Å². The number of amides is 1. The molecule has 2 N–H and O–H groups in total. The maximum atomic E-state index is 11.8. The van der Waals surface area contributed by atoms with Crippen molar-refractivity contribution < 1.29 is 9.53 Å². The van der Waals surface area contributed by atoms with Gasteiger partial charge in [-0.05, 0) is 58.6 Å². The molecule has 0 bridgehead atoms. The number of rotatable bonds is 3. The Morgan fingerprint density at radius 1 is 1.05 bits per heavy atom. The number of hydrogen-bond donors (Lipinski definition) is 2. The number of benzene rings is 1. The highest BCUT2D eigenvalue weighted by Crippen LogP contribution is 2.22. The number of para-hydroxylation sites is 1. The Morgan fingerprint density at radius 3 is 2.19 bits per heavy atom. The van der Waals surface area contributed by atoms with Crippen molar-refractivity contribution in [1.82, 2.24) is 5.32 Å².